The van der Waals surface area contributed by atoms with Crippen molar-refractivity contribution in [2.45, 2.75) is 83.1 Å². The van der Waals surface area contributed by atoms with Gasteiger partial charge in [-0.3, -0.25) is 9.59 Å². The fraction of sp³-hybridized carbons (Fsp3) is 0.467. The van der Waals surface area contributed by atoms with Gasteiger partial charge in [0, 0.05) is 22.3 Å². The lowest BCUT2D eigenvalue weighted by molar-refractivity contribution is -0.126. The maximum absolute atomic E-state index is 14.3. The number of halogens is 2. The molecule has 3 heterocycles. The highest BCUT2D eigenvalue weighted by atomic mass is 35.5. The molecule has 0 radical (unpaired) electrons. The zero-order valence-corrected chi connectivity index (χ0v) is 24.1. The Morgan fingerprint density at radius 1 is 0.949 bits per heavy atom. The highest BCUT2D eigenvalue weighted by Crippen LogP contribution is 2.52. The molecule has 0 bridgehead atoms. The Morgan fingerprint density at radius 2 is 1.62 bits per heavy atom. The molecule has 7 nitrogen and oxygen atoms in total. The number of unbranched alkanes of at least 4 members (excludes halogenated alkanes) is 7. The minimum Gasteiger partial charge on any atom is -0.311 e. The van der Waals surface area contributed by atoms with Crippen molar-refractivity contribution < 1.29 is 9.59 Å². The van der Waals surface area contributed by atoms with Crippen LogP contribution in [-0.4, -0.2) is 33.4 Å². The molecule has 9 heteroatoms. The third-order valence-corrected chi connectivity index (χ3v) is 8.54. The molecule has 0 aliphatic carbocycles. The summed E-state index contributed by atoms with van der Waals surface area (Å²) in [6, 6.07) is 12.7. The summed E-state index contributed by atoms with van der Waals surface area (Å²) < 4.78 is 1.68. The van der Waals surface area contributed by atoms with Gasteiger partial charge >= 0.3 is 0 Å². The van der Waals surface area contributed by atoms with E-state index >= 15 is 0 Å². The average Bonchev–Trinajstić information content (AvgIpc) is 3.44. The summed E-state index contributed by atoms with van der Waals surface area (Å²) in [7, 11) is 0. The molecule has 2 amide bonds. The van der Waals surface area contributed by atoms with Crippen LogP contribution in [0.3, 0.4) is 0 Å². The first-order chi connectivity index (χ1) is 18.9. The second kappa shape index (κ2) is 11.7. The molecule has 2 atom stereocenters. The molecule has 1 N–H and O–H groups in total. The van der Waals surface area contributed by atoms with Crippen LogP contribution < -0.4 is 10.2 Å². The topological polar surface area (TPSA) is 80.1 Å². The molecule has 2 aliphatic heterocycles. The number of amides is 2. The predicted octanol–water partition coefficient (Wildman–Crippen LogP) is 7.31. The Hall–Kier alpha value is -2.90. The monoisotopic (exact) mass is 567 g/mol. The summed E-state index contributed by atoms with van der Waals surface area (Å²) in [5.41, 5.74) is 1.69. The first-order valence-electron chi connectivity index (χ1n) is 14.0. The Bertz CT molecular complexity index is 1360. The third-order valence-electron chi connectivity index (χ3n) is 8.06. The minimum absolute atomic E-state index is 0.0336. The average molecular weight is 569 g/mol. The van der Waals surface area contributed by atoms with Gasteiger partial charge in [-0.25, -0.2) is 4.68 Å². The van der Waals surface area contributed by atoms with Crippen molar-refractivity contribution in [2.24, 2.45) is 0 Å². The standard InChI is InChI=1S/C30H35Cl2N5O2/c1-3-4-5-6-7-8-9-10-17-36-25-16-15-23(32)18-24(25)30(29(36)39)19-26(38)33-28-27(30)34-35-37(28)20(2)21-11-13-22(31)14-12-21/h11-16,18,20H,3-10,17,19H2,1-2H3,(H,33,38)/t20?,30-/m1/s1. The lowest BCUT2D eigenvalue weighted by Crippen LogP contribution is -2.47. The second-order valence-corrected chi connectivity index (χ2v) is 11.6. The van der Waals surface area contributed by atoms with Crippen LogP contribution in [-0.2, 0) is 15.0 Å². The van der Waals surface area contributed by atoms with Gasteiger partial charge in [0.2, 0.25) is 11.8 Å². The van der Waals surface area contributed by atoms with E-state index in [1.54, 1.807) is 10.7 Å². The van der Waals surface area contributed by atoms with Crippen LogP contribution >= 0.6 is 23.2 Å². The third kappa shape index (κ3) is 5.19. The number of hydrogen-bond acceptors (Lipinski definition) is 4. The number of rotatable bonds is 11. The molecule has 0 fully saturated rings. The van der Waals surface area contributed by atoms with Gasteiger partial charge in [-0.2, -0.15) is 0 Å². The number of nitrogens with one attached hydrogen (secondary N) is 1. The van der Waals surface area contributed by atoms with Crippen molar-refractivity contribution in [3.63, 3.8) is 0 Å². The van der Waals surface area contributed by atoms with E-state index in [4.69, 9.17) is 23.2 Å². The highest BCUT2D eigenvalue weighted by Gasteiger charge is 2.58. The van der Waals surface area contributed by atoms with Gasteiger partial charge in [0.25, 0.3) is 0 Å². The van der Waals surface area contributed by atoms with Gasteiger partial charge in [-0.1, -0.05) is 92.4 Å². The lowest BCUT2D eigenvalue weighted by atomic mass is 9.73. The van der Waals surface area contributed by atoms with Crippen LogP contribution in [0.2, 0.25) is 10.0 Å². The maximum atomic E-state index is 14.3. The lowest BCUT2D eigenvalue weighted by Gasteiger charge is -2.31. The minimum atomic E-state index is -1.25. The summed E-state index contributed by atoms with van der Waals surface area (Å²) in [5.74, 6) is 0.0643. The summed E-state index contributed by atoms with van der Waals surface area (Å²) in [5, 5.41) is 13.1. The molecular formula is C30H35Cl2N5O2. The molecule has 39 heavy (non-hydrogen) atoms. The summed E-state index contributed by atoms with van der Waals surface area (Å²) in [6.45, 7) is 4.79. The van der Waals surface area contributed by atoms with Crippen molar-refractivity contribution >= 4 is 46.5 Å². The van der Waals surface area contributed by atoms with E-state index in [9.17, 15) is 9.59 Å². The van der Waals surface area contributed by atoms with Crippen LogP contribution in [0.15, 0.2) is 42.5 Å². The molecule has 5 rings (SSSR count). The first kappa shape index (κ1) is 27.7. The van der Waals surface area contributed by atoms with Crippen LogP contribution in [0.5, 0.6) is 0 Å². The van der Waals surface area contributed by atoms with Crippen LogP contribution in [0.4, 0.5) is 11.5 Å². The van der Waals surface area contributed by atoms with E-state index in [0.717, 1.165) is 36.1 Å². The Kier molecular flexibility index (Phi) is 8.29. The van der Waals surface area contributed by atoms with Gasteiger partial charge in [-0.05, 0) is 54.8 Å². The molecular weight excluding hydrogens is 533 g/mol. The highest BCUT2D eigenvalue weighted by molar-refractivity contribution is 6.31. The van der Waals surface area contributed by atoms with Crippen LogP contribution in [0.1, 0.15) is 94.5 Å². The molecule has 1 spiro atoms. The fourth-order valence-corrected chi connectivity index (χ4v) is 6.22. The summed E-state index contributed by atoms with van der Waals surface area (Å²) in [4.78, 5) is 29.3. The van der Waals surface area contributed by atoms with Gasteiger partial charge in [0.1, 0.15) is 11.1 Å². The van der Waals surface area contributed by atoms with E-state index in [0.29, 0.717) is 28.1 Å². The maximum Gasteiger partial charge on any atom is 0.244 e. The zero-order chi connectivity index (χ0) is 27.6. The molecule has 0 saturated carbocycles. The number of carbonyl (C=O) groups is 2. The number of fused-ring (bicyclic) bond motifs is 4. The Balaban J connectivity index is 1.44. The number of anilines is 2. The van der Waals surface area contributed by atoms with Gasteiger partial charge < -0.3 is 10.2 Å². The van der Waals surface area contributed by atoms with Gasteiger partial charge in [0.05, 0.1) is 12.5 Å². The molecule has 1 aromatic heterocycles. The zero-order valence-electron chi connectivity index (χ0n) is 22.6. The normalized spacial score (nSPS) is 18.8. The van der Waals surface area contributed by atoms with Gasteiger partial charge in [0.15, 0.2) is 5.82 Å². The smallest absolute Gasteiger partial charge is 0.244 e. The molecule has 2 aromatic carbocycles. The van der Waals surface area contributed by atoms with E-state index in [2.05, 4.69) is 22.6 Å². The molecule has 2 aliphatic rings. The van der Waals surface area contributed by atoms with E-state index < -0.39 is 5.41 Å². The van der Waals surface area contributed by atoms with E-state index in [1.807, 2.05) is 48.2 Å². The number of nitrogens with zero attached hydrogens (tertiary/aromatic N) is 4. The SMILES string of the molecule is CCCCCCCCCCN1C(=O)[C@]2(CC(=O)Nc3c2nnn3C(C)c2ccc(Cl)cc2)c2cc(Cl)ccc21. The number of benzene rings is 2. The molecule has 206 valence electrons. The van der Waals surface area contributed by atoms with Crippen molar-refractivity contribution in [1.82, 2.24) is 15.0 Å². The van der Waals surface area contributed by atoms with E-state index in [-0.39, 0.29) is 24.3 Å². The Morgan fingerprint density at radius 3 is 2.33 bits per heavy atom. The van der Waals surface area contributed by atoms with Crippen molar-refractivity contribution in [2.75, 3.05) is 16.8 Å². The van der Waals surface area contributed by atoms with Crippen LogP contribution in [0, 0.1) is 0 Å². The van der Waals surface area contributed by atoms with E-state index in [1.165, 1.54) is 32.1 Å². The number of carbonyl (C=O) groups excluding carboxylic acids is 2. The molecule has 3 aromatic rings. The summed E-state index contributed by atoms with van der Waals surface area (Å²) >= 11 is 12.5. The van der Waals surface area contributed by atoms with Crippen LogP contribution in [0.25, 0.3) is 0 Å². The predicted molar refractivity (Wildman–Crippen MR) is 156 cm³/mol. The number of aromatic nitrogens is 3. The Labute approximate surface area is 239 Å². The van der Waals surface area contributed by atoms with Crippen molar-refractivity contribution in [3.8, 4) is 0 Å². The largest absolute Gasteiger partial charge is 0.311 e. The second-order valence-electron chi connectivity index (χ2n) is 10.7. The van der Waals surface area contributed by atoms with Crippen molar-refractivity contribution in [3.05, 3.63) is 69.3 Å². The summed E-state index contributed by atoms with van der Waals surface area (Å²) in [6.07, 6.45) is 9.41. The fourth-order valence-electron chi connectivity index (χ4n) is 5.92. The molecule has 1 unspecified atom stereocenters. The quantitative estimate of drug-likeness (QED) is 0.246. The van der Waals surface area contributed by atoms with Gasteiger partial charge in [-0.15, -0.1) is 5.10 Å². The van der Waals surface area contributed by atoms with Crippen molar-refractivity contribution in [1.29, 1.82) is 0 Å². The first-order valence-corrected chi connectivity index (χ1v) is 14.8. The number of hydrogen-bond donors (Lipinski definition) is 1. The molecule has 0 saturated heterocycles.